The first-order valence-electron chi connectivity index (χ1n) is 12.8. The van der Waals surface area contributed by atoms with Crippen LogP contribution in [0.3, 0.4) is 0 Å². The van der Waals surface area contributed by atoms with Crippen LogP contribution >= 0.6 is 34.8 Å². The van der Waals surface area contributed by atoms with Crippen LogP contribution in [0.25, 0.3) is 0 Å². The molecule has 3 rings (SSSR count). The molecule has 0 aliphatic carbocycles. The van der Waals surface area contributed by atoms with Gasteiger partial charge in [0.2, 0.25) is 11.8 Å². The number of benzene rings is 3. The molecule has 0 saturated heterocycles. The molecule has 1 atom stereocenters. The van der Waals surface area contributed by atoms with E-state index in [1.807, 2.05) is 13.8 Å². The lowest BCUT2D eigenvalue weighted by Crippen LogP contribution is -2.52. The van der Waals surface area contributed by atoms with E-state index < -0.39 is 28.5 Å². The molecular weight excluding hydrogens is 593 g/mol. The van der Waals surface area contributed by atoms with Gasteiger partial charge in [-0.25, -0.2) is 8.42 Å². The van der Waals surface area contributed by atoms with Gasteiger partial charge in [-0.2, -0.15) is 0 Å². The smallest absolute Gasteiger partial charge is 0.264 e. The first kappa shape index (κ1) is 31.7. The van der Waals surface area contributed by atoms with E-state index in [0.29, 0.717) is 23.6 Å². The number of aryl methyl sites for hydroxylation is 1. The summed E-state index contributed by atoms with van der Waals surface area (Å²) < 4.78 is 28.8. The van der Waals surface area contributed by atoms with E-state index in [2.05, 4.69) is 5.32 Å². The van der Waals surface area contributed by atoms with Crippen LogP contribution in [0.2, 0.25) is 15.1 Å². The summed E-state index contributed by atoms with van der Waals surface area (Å²) in [4.78, 5) is 28.6. The fourth-order valence-corrected chi connectivity index (χ4v) is 6.18. The minimum absolute atomic E-state index is 0.00173. The van der Waals surface area contributed by atoms with Crippen LogP contribution in [0.4, 0.5) is 5.69 Å². The molecule has 0 bridgehead atoms. The van der Waals surface area contributed by atoms with Gasteiger partial charge in [0.25, 0.3) is 10.0 Å². The van der Waals surface area contributed by atoms with Crippen molar-refractivity contribution >= 4 is 62.3 Å². The highest BCUT2D eigenvalue weighted by atomic mass is 35.5. The molecule has 2 amide bonds. The van der Waals surface area contributed by atoms with Gasteiger partial charge < -0.3 is 10.2 Å². The average molecular weight is 625 g/mol. The van der Waals surface area contributed by atoms with E-state index in [-0.39, 0.29) is 33.1 Å². The van der Waals surface area contributed by atoms with E-state index in [4.69, 9.17) is 34.8 Å². The number of sulfonamides is 1. The lowest BCUT2D eigenvalue weighted by Gasteiger charge is -2.33. The molecule has 0 saturated carbocycles. The van der Waals surface area contributed by atoms with Crippen molar-refractivity contribution in [1.82, 2.24) is 10.2 Å². The molecule has 11 heteroatoms. The molecule has 3 aromatic rings. The van der Waals surface area contributed by atoms with Crippen LogP contribution in [-0.2, 0) is 26.2 Å². The minimum Gasteiger partial charge on any atom is -0.354 e. The van der Waals surface area contributed by atoms with Crippen molar-refractivity contribution < 1.29 is 18.0 Å². The van der Waals surface area contributed by atoms with Crippen molar-refractivity contribution in [2.24, 2.45) is 0 Å². The quantitative estimate of drug-likeness (QED) is 0.250. The summed E-state index contributed by atoms with van der Waals surface area (Å²) in [5.41, 5.74) is 1.54. The number of anilines is 1. The van der Waals surface area contributed by atoms with Crippen LogP contribution in [0.15, 0.2) is 71.6 Å². The molecule has 0 heterocycles. The van der Waals surface area contributed by atoms with Crippen molar-refractivity contribution in [2.75, 3.05) is 17.4 Å². The predicted octanol–water partition coefficient (Wildman–Crippen LogP) is 6.48. The second-order valence-electron chi connectivity index (χ2n) is 9.25. The zero-order valence-electron chi connectivity index (χ0n) is 22.5. The van der Waals surface area contributed by atoms with E-state index in [9.17, 15) is 18.0 Å². The number of amides is 2. The molecular formula is C29H32Cl3N3O4S. The Morgan fingerprint density at radius 3 is 2.23 bits per heavy atom. The van der Waals surface area contributed by atoms with Crippen molar-refractivity contribution in [3.63, 3.8) is 0 Å². The summed E-state index contributed by atoms with van der Waals surface area (Å²) in [5, 5.41) is 3.61. The number of halogens is 3. The van der Waals surface area contributed by atoms with Crippen molar-refractivity contribution in [3.05, 3.63) is 92.9 Å². The first-order chi connectivity index (χ1) is 19.0. The third-order valence-electron chi connectivity index (χ3n) is 6.30. The Bertz CT molecular complexity index is 1450. The van der Waals surface area contributed by atoms with Gasteiger partial charge in [0.05, 0.1) is 15.6 Å². The van der Waals surface area contributed by atoms with Gasteiger partial charge in [-0.1, -0.05) is 84.5 Å². The Labute approximate surface area is 251 Å². The molecule has 40 heavy (non-hydrogen) atoms. The second-order valence-corrected chi connectivity index (χ2v) is 12.4. The number of carbonyl (C=O) groups is 2. The monoisotopic (exact) mass is 623 g/mol. The summed E-state index contributed by atoms with van der Waals surface area (Å²) in [5.74, 6) is -0.941. The number of hydrogen-bond acceptors (Lipinski definition) is 4. The maximum absolute atomic E-state index is 14.1. The number of hydrogen-bond donors (Lipinski definition) is 1. The SMILES string of the molecule is CCCNC(=O)C(CC)N(Cc1ccccc1Cl)C(=O)CN(c1cc(Cl)ccc1Cl)S(=O)(=O)c1ccc(C)cc1. The topological polar surface area (TPSA) is 86.8 Å². The number of nitrogens with one attached hydrogen (secondary N) is 1. The third kappa shape index (κ3) is 7.69. The van der Waals surface area contributed by atoms with E-state index in [1.54, 1.807) is 43.3 Å². The van der Waals surface area contributed by atoms with Crippen molar-refractivity contribution in [3.8, 4) is 0 Å². The van der Waals surface area contributed by atoms with Crippen LogP contribution < -0.4 is 9.62 Å². The average Bonchev–Trinajstić information content (AvgIpc) is 2.93. The molecule has 0 aromatic heterocycles. The van der Waals surface area contributed by atoms with Gasteiger partial charge in [0, 0.05) is 23.1 Å². The predicted molar refractivity (Wildman–Crippen MR) is 162 cm³/mol. The van der Waals surface area contributed by atoms with E-state index >= 15 is 0 Å². The molecule has 214 valence electrons. The summed E-state index contributed by atoms with van der Waals surface area (Å²) in [6.45, 7) is 5.37. The van der Waals surface area contributed by atoms with Crippen molar-refractivity contribution in [1.29, 1.82) is 0 Å². The molecule has 0 aliphatic heterocycles. The standard InChI is InChI=1S/C29H32Cl3N3O4S/c1-4-16-33-29(37)26(5-2)34(18-21-8-6-7-9-24(21)31)28(36)19-35(27-17-22(30)12-15-25(27)32)40(38,39)23-13-10-20(3)11-14-23/h6-15,17,26H,4-5,16,18-19H2,1-3H3,(H,33,37). The number of nitrogens with zero attached hydrogens (tertiary/aromatic N) is 2. The van der Waals surface area contributed by atoms with Crippen molar-refractivity contribution in [2.45, 2.75) is 51.1 Å². The highest BCUT2D eigenvalue weighted by molar-refractivity contribution is 7.92. The summed E-state index contributed by atoms with van der Waals surface area (Å²) in [6.07, 6.45) is 1.02. The van der Waals surface area contributed by atoms with Gasteiger partial charge in [0.15, 0.2) is 0 Å². The normalized spacial score (nSPS) is 12.1. The lowest BCUT2D eigenvalue weighted by molar-refractivity contribution is -0.140. The van der Waals surface area contributed by atoms with E-state index in [0.717, 1.165) is 16.3 Å². The molecule has 1 N–H and O–H groups in total. The molecule has 0 radical (unpaired) electrons. The van der Waals surface area contributed by atoms with Gasteiger partial charge in [-0.05, 0) is 61.7 Å². The molecule has 0 spiro atoms. The third-order valence-corrected chi connectivity index (χ3v) is 9.00. The highest BCUT2D eigenvalue weighted by Crippen LogP contribution is 2.33. The lowest BCUT2D eigenvalue weighted by atomic mass is 10.1. The second kappa shape index (κ2) is 14.2. The van der Waals surface area contributed by atoms with Gasteiger partial charge in [-0.15, -0.1) is 0 Å². The Kier molecular flexibility index (Phi) is 11.3. The Hall–Kier alpha value is -2.78. The van der Waals surface area contributed by atoms with Gasteiger partial charge in [0.1, 0.15) is 12.6 Å². The largest absolute Gasteiger partial charge is 0.354 e. The van der Waals surface area contributed by atoms with Crippen LogP contribution in [0, 0.1) is 6.92 Å². The Balaban J connectivity index is 2.11. The fraction of sp³-hybridized carbons (Fsp3) is 0.310. The van der Waals surface area contributed by atoms with E-state index in [1.165, 1.54) is 35.2 Å². The molecule has 0 fully saturated rings. The molecule has 1 unspecified atom stereocenters. The zero-order valence-corrected chi connectivity index (χ0v) is 25.6. The maximum atomic E-state index is 14.1. The Morgan fingerprint density at radius 2 is 1.60 bits per heavy atom. The molecule has 0 aliphatic rings. The molecule has 7 nitrogen and oxygen atoms in total. The molecule has 3 aromatic carbocycles. The number of carbonyl (C=O) groups excluding carboxylic acids is 2. The maximum Gasteiger partial charge on any atom is 0.264 e. The fourth-order valence-electron chi connectivity index (χ4n) is 4.12. The first-order valence-corrected chi connectivity index (χ1v) is 15.4. The zero-order chi connectivity index (χ0) is 29.4. The number of rotatable bonds is 12. The minimum atomic E-state index is -4.27. The van der Waals surface area contributed by atoms with Gasteiger partial charge in [-0.3, -0.25) is 13.9 Å². The van der Waals surface area contributed by atoms with Gasteiger partial charge >= 0.3 is 0 Å². The Morgan fingerprint density at radius 1 is 0.925 bits per heavy atom. The summed E-state index contributed by atoms with van der Waals surface area (Å²) in [7, 11) is -4.27. The summed E-state index contributed by atoms with van der Waals surface area (Å²) >= 11 is 19.1. The van der Waals surface area contributed by atoms with Crippen LogP contribution in [-0.4, -0.2) is 44.3 Å². The van der Waals surface area contributed by atoms with Crippen LogP contribution in [0.5, 0.6) is 0 Å². The summed E-state index contributed by atoms with van der Waals surface area (Å²) in [6, 6.07) is 16.8. The highest BCUT2D eigenvalue weighted by Gasteiger charge is 2.34. The van der Waals surface area contributed by atoms with Crippen LogP contribution in [0.1, 0.15) is 37.8 Å².